The van der Waals surface area contributed by atoms with Crippen molar-refractivity contribution in [3.63, 3.8) is 0 Å². The Hall–Kier alpha value is -3.88. The summed E-state index contributed by atoms with van der Waals surface area (Å²) in [5, 5.41) is 0.280. The number of nitrogens with two attached hydrogens (primary N) is 1. The Bertz CT molecular complexity index is 1450. The van der Waals surface area contributed by atoms with Gasteiger partial charge in [-0.05, 0) is 42.0 Å². The number of aromatic nitrogens is 3. The molecule has 2 aliphatic heterocycles. The monoisotopic (exact) mass is 473 g/mol. The highest BCUT2D eigenvalue weighted by atomic mass is 35.5. The van der Waals surface area contributed by atoms with Gasteiger partial charge in [-0.1, -0.05) is 23.7 Å². The topological polar surface area (TPSA) is 95.5 Å². The molecule has 34 heavy (non-hydrogen) atoms. The number of benzene rings is 1. The molecule has 1 spiro atoms. The molecule has 0 amide bonds. The molecule has 0 saturated heterocycles. The van der Waals surface area contributed by atoms with Gasteiger partial charge >= 0.3 is 0 Å². The minimum atomic E-state index is -1.06. The molecule has 2 N–H and O–H groups in total. The van der Waals surface area contributed by atoms with Gasteiger partial charge in [0.25, 0.3) is 0 Å². The van der Waals surface area contributed by atoms with E-state index in [0.717, 1.165) is 5.56 Å². The maximum atomic E-state index is 14.5. The van der Waals surface area contributed by atoms with Crippen LogP contribution in [0.15, 0.2) is 78.3 Å². The predicted molar refractivity (Wildman–Crippen MR) is 124 cm³/mol. The fourth-order valence-corrected chi connectivity index (χ4v) is 4.63. The van der Waals surface area contributed by atoms with Crippen LogP contribution >= 0.6 is 11.6 Å². The highest BCUT2D eigenvalue weighted by Gasteiger charge is 2.47. The first kappa shape index (κ1) is 20.7. The fraction of sp³-hybridized carbons (Fsp3) is 0.120. The normalized spacial score (nSPS) is 20.8. The van der Waals surface area contributed by atoms with Gasteiger partial charge in [0.1, 0.15) is 28.4 Å². The van der Waals surface area contributed by atoms with Gasteiger partial charge in [0.2, 0.25) is 5.95 Å². The third kappa shape index (κ3) is 3.22. The summed E-state index contributed by atoms with van der Waals surface area (Å²) >= 11 is 6.26. The first-order valence-electron chi connectivity index (χ1n) is 10.5. The Labute approximate surface area is 199 Å². The number of ether oxygens (including phenoxy) is 2. The Morgan fingerprint density at radius 1 is 1.00 bits per heavy atom. The Kier molecular flexibility index (Phi) is 4.79. The molecule has 7 nitrogen and oxygen atoms in total. The lowest BCUT2D eigenvalue weighted by Gasteiger charge is -2.41. The Morgan fingerprint density at radius 2 is 1.85 bits per heavy atom. The Balaban J connectivity index is 1.56. The summed E-state index contributed by atoms with van der Waals surface area (Å²) in [5.41, 5.74) is 8.54. The summed E-state index contributed by atoms with van der Waals surface area (Å²) in [7, 11) is 0. The van der Waals surface area contributed by atoms with E-state index in [1.807, 2.05) is 18.2 Å². The van der Waals surface area contributed by atoms with Crippen LogP contribution in [0.5, 0.6) is 11.5 Å². The quantitative estimate of drug-likeness (QED) is 0.420. The summed E-state index contributed by atoms with van der Waals surface area (Å²) < 4.78 is 26.9. The molecular formula is C25H17ClFN5O2. The van der Waals surface area contributed by atoms with Gasteiger partial charge in [0.15, 0.2) is 5.75 Å². The molecule has 9 heteroatoms. The second-order valence-corrected chi connectivity index (χ2v) is 8.42. The van der Waals surface area contributed by atoms with Crippen LogP contribution in [0.4, 0.5) is 4.39 Å². The maximum Gasteiger partial charge on any atom is 0.220 e. The van der Waals surface area contributed by atoms with E-state index in [0.29, 0.717) is 33.8 Å². The predicted octanol–water partition coefficient (Wildman–Crippen LogP) is 4.81. The zero-order valence-corrected chi connectivity index (χ0v) is 18.4. The SMILES string of the molecule is NC1=N[C@@]2(CO[C@@H]1c1cccnc1)c1cc(-c3cccnc3F)ccc1Oc1cnc(Cl)cc12. The number of hydrogen-bond acceptors (Lipinski definition) is 7. The molecule has 0 radical (unpaired) electrons. The van der Waals surface area contributed by atoms with E-state index in [1.165, 1.54) is 6.20 Å². The van der Waals surface area contributed by atoms with Gasteiger partial charge < -0.3 is 15.2 Å². The molecule has 0 bridgehead atoms. The van der Waals surface area contributed by atoms with Crippen LogP contribution in [0, 0.1) is 5.95 Å². The molecule has 1 aromatic carbocycles. The summed E-state index contributed by atoms with van der Waals surface area (Å²) in [5.74, 6) is 0.756. The first-order valence-corrected chi connectivity index (χ1v) is 10.9. The molecule has 0 unspecified atom stereocenters. The van der Waals surface area contributed by atoms with Gasteiger partial charge in [-0.15, -0.1) is 0 Å². The fourth-order valence-electron chi connectivity index (χ4n) is 4.47. The van der Waals surface area contributed by atoms with E-state index in [4.69, 9.17) is 31.8 Å². The minimum absolute atomic E-state index is 0.149. The van der Waals surface area contributed by atoms with Crippen molar-refractivity contribution < 1.29 is 13.9 Å². The molecule has 4 aromatic rings. The highest BCUT2D eigenvalue weighted by molar-refractivity contribution is 6.29. The van der Waals surface area contributed by atoms with Gasteiger partial charge in [0.05, 0.1) is 12.8 Å². The summed E-state index contributed by atoms with van der Waals surface area (Å²) in [6, 6.07) is 14.1. The molecular weight excluding hydrogens is 457 g/mol. The van der Waals surface area contributed by atoms with Crippen molar-refractivity contribution in [2.75, 3.05) is 6.61 Å². The standard InChI is InChI=1S/C25H17ClFN5O2/c26-21-10-18-20(12-31-21)34-19-6-5-14(16-4-2-8-30-23(16)27)9-17(19)25(18)13-33-22(24(28)32-25)15-3-1-7-29-11-15/h1-12,22H,13H2,(H2,28,32)/t22-,25+/m1/s1. The number of fused-ring (bicyclic) bond motifs is 4. The van der Waals surface area contributed by atoms with E-state index in [1.54, 1.807) is 48.9 Å². The molecule has 6 rings (SSSR count). The molecule has 5 heterocycles. The number of nitrogens with zero attached hydrogens (tertiary/aromatic N) is 4. The van der Waals surface area contributed by atoms with Crippen LogP contribution < -0.4 is 10.5 Å². The van der Waals surface area contributed by atoms with Gasteiger partial charge in [0, 0.05) is 40.8 Å². The molecule has 2 aliphatic rings. The zero-order chi connectivity index (χ0) is 23.3. The first-order chi connectivity index (χ1) is 16.5. The average molecular weight is 474 g/mol. The van der Waals surface area contributed by atoms with Crippen molar-refractivity contribution in [2.24, 2.45) is 10.7 Å². The van der Waals surface area contributed by atoms with Crippen molar-refractivity contribution in [1.29, 1.82) is 0 Å². The lowest BCUT2D eigenvalue weighted by Crippen LogP contribution is -2.43. The van der Waals surface area contributed by atoms with Crippen LogP contribution in [-0.4, -0.2) is 27.4 Å². The largest absolute Gasteiger partial charge is 0.455 e. The maximum absolute atomic E-state index is 14.5. The smallest absolute Gasteiger partial charge is 0.220 e. The van der Waals surface area contributed by atoms with Crippen molar-refractivity contribution in [3.05, 3.63) is 101 Å². The number of rotatable bonds is 2. The zero-order valence-electron chi connectivity index (χ0n) is 17.7. The summed E-state index contributed by atoms with van der Waals surface area (Å²) in [6.07, 6.45) is 5.79. The molecule has 0 aliphatic carbocycles. The number of amidine groups is 1. The van der Waals surface area contributed by atoms with E-state index in [2.05, 4.69) is 15.0 Å². The summed E-state index contributed by atoms with van der Waals surface area (Å²) in [6.45, 7) is 0.149. The molecule has 2 atom stereocenters. The van der Waals surface area contributed by atoms with Crippen molar-refractivity contribution >= 4 is 17.4 Å². The number of halogens is 2. The molecule has 0 fully saturated rings. The second-order valence-electron chi connectivity index (χ2n) is 8.03. The lowest BCUT2D eigenvalue weighted by atomic mass is 9.79. The van der Waals surface area contributed by atoms with Crippen molar-refractivity contribution in [3.8, 4) is 22.6 Å². The van der Waals surface area contributed by atoms with Crippen LogP contribution in [0.2, 0.25) is 5.15 Å². The lowest BCUT2D eigenvalue weighted by molar-refractivity contribution is 0.0483. The van der Waals surface area contributed by atoms with Gasteiger partial charge in [-0.3, -0.25) is 9.98 Å². The van der Waals surface area contributed by atoms with Gasteiger partial charge in [-0.25, -0.2) is 9.97 Å². The highest BCUT2D eigenvalue weighted by Crippen LogP contribution is 2.52. The average Bonchev–Trinajstić information content (AvgIpc) is 2.86. The van der Waals surface area contributed by atoms with Crippen LogP contribution in [0.1, 0.15) is 22.8 Å². The number of aliphatic imine (C=N–C) groups is 1. The third-order valence-electron chi connectivity index (χ3n) is 6.03. The Morgan fingerprint density at radius 3 is 2.65 bits per heavy atom. The third-order valence-corrected chi connectivity index (χ3v) is 6.24. The van der Waals surface area contributed by atoms with Crippen LogP contribution in [0.3, 0.4) is 0 Å². The van der Waals surface area contributed by atoms with E-state index >= 15 is 0 Å². The van der Waals surface area contributed by atoms with E-state index < -0.39 is 17.6 Å². The van der Waals surface area contributed by atoms with E-state index in [9.17, 15) is 4.39 Å². The van der Waals surface area contributed by atoms with Crippen molar-refractivity contribution in [2.45, 2.75) is 11.6 Å². The van der Waals surface area contributed by atoms with Gasteiger partial charge in [-0.2, -0.15) is 4.39 Å². The molecule has 3 aromatic heterocycles. The molecule has 168 valence electrons. The van der Waals surface area contributed by atoms with E-state index in [-0.39, 0.29) is 17.6 Å². The number of pyridine rings is 3. The molecule has 0 saturated carbocycles. The summed E-state index contributed by atoms with van der Waals surface area (Å²) in [4.78, 5) is 17.1. The van der Waals surface area contributed by atoms with Crippen LogP contribution in [0.25, 0.3) is 11.1 Å². The number of hydrogen-bond donors (Lipinski definition) is 1. The second kappa shape index (κ2) is 7.86. The van der Waals surface area contributed by atoms with Crippen molar-refractivity contribution in [1.82, 2.24) is 15.0 Å². The van der Waals surface area contributed by atoms with Crippen LogP contribution in [-0.2, 0) is 10.3 Å². The minimum Gasteiger partial charge on any atom is -0.455 e.